The molecule has 2 aromatic carbocycles. The van der Waals surface area contributed by atoms with Crippen LogP contribution in [0, 0.1) is 5.82 Å². The molecule has 0 spiro atoms. The Hall–Kier alpha value is -3.20. The Bertz CT molecular complexity index is 1200. The first-order chi connectivity index (χ1) is 11.8. The first-order valence-electron chi connectivity index (χ1n) is 7.86. The molecule has 0 aliphatic rings. The minimum absolute atomic E-state index is 0.240. The SMILES string of the molecule is Fc1ccc(-c2nc3ccccc3c3cc4ccccn4c23)cc1. The van der Waals surface area contributed by atoms with Gasteiger partial charge in [-0.2, -0.15) is 0 Å². The van der Waals surface area contributed by atoms with Crippen LogP contribution in [0.1, 0.15) is 0 Å². The van der Waals surface area contributed by atoms with Crippen molar-refractivity contribution in [2.24, 2.45) is 0 Å². The smallest absolute Gasteiger partial charge is 0.123 e. The van der Waals surface area contributed by atoms with Gasteiger partial charge >= 0.3 is 0 Å². The molecular formula is C21H13FN2. The van der Waals surface area contributed by atoms with E-state index in [1.165, 1.54) is 12.1 Å². The van der Waals surface area contributed by atoms with E-state index in [1.807, 2.05) is 36.5 Å². The van der Waals surface area contributed by atoms with Crippen LogP contribution in [0.5, 0.6) is 0 Å². The van der Waals surface area contributed by atoms with E-state index in [9.17, 15) is 4.39 Å². The summed E-state index contributed by atoms with van der Waals surface area (Å²) in [5, 5.41) is 2.29. The van der Waals surface area contributed by atoms with Crippen molar-refractivity contribution < 1.29 is 4.39 Å². The Kier molecular flexibility index (Phi) is 2.71. The molecular weight excluding hydrogens is 299 g/mol. The highest BCUT2D eigenvalue weighted by atomic mass is 19.1. The monoisotopic (exact) mass is 312 g/mol. The Balaban J connectivity index is 2.01. The zero-order chi connectivity index (χ0) is 16.1. The van der Waals surface area contributed by atoms with Gasteiger partial charge in [0, 0.05) is 28.0 Å². The van der Waals surface area contributed by atoms with Gasteiger partial charge in [-0.3, -0.25) is 0 Å². The van der Waals surface area contributed by atoms with Gasteiger partial charge in [-0.05, 0) is 48.5 Å². The van der Waals surface area contributed by atoms with Crippen molar-refractivity contribution in [3.05, 3.63) is 84.8 Å². The number of para-hydroxylation sites is 1. The van der Waals surface area contributed by atoms with Gasteiger partial charge in [-0.25, -0.2) is 9.37 Å². The lowest BCUT2D eigenvalue weighted by molar-refractivity contribution is 0.628. The molecule has 0 saturated carbocycles. The van der Waals surface area contributed by atoms with Crippen molar-refractivity contribution in [1.29, 1.82) is 0 Å². The van der Waals surface area contributed by atoms with Gasteiger partial charge in [-0.1, -0.05) is 24.3 Å². The molecule has 2 nitrogen and oxygen atoms in total. The third kappa shape index (κ3) is 1.85. The fraction of sp³-hybridized carbons (Fsp3) is 0. The normalized spacial score (nSPS) is 11.5. The van der Waals surface area contributed by atoms with Crippen molar-refractivity contribution in [2.45, 2.75) is 0 Å². The third-order valence-electron chi connectivity index (χ3n) is 4.45. The molecule has 0 atom stereocenters. The molecule has 24 heavy (non-hydrogen) atoms. The minimum atomic E-state index is -0.240. The topological polar surface area (TPSA) is 17.3 Å². The van der Waals surface area contributed by atoms with Crippen LogP contribution < -0.4 is 0 Å². The lowest BCUT2D eigenvalue weighted by Crippen LogP contribution is -1.92. The molecule has 0 unspecified atom stereocenters. The van der Waals surface area contributed by atoms with Crippen LogP contribution >= 0.6 is 0 Å². The van der Waals surface area contributed by atoms with Gasteiger partial charge in [0.25, 0.3) is 0 Å². The number of hydrogen-bond donors (Lipinski definition) is 0. The number of benzene rings is 2. The predicted octanol–water partition coefficient (Wildman–Crippen LogP) is 5.45. The molecule has 0 bridgehead atoms. The predicted molar refractivity (Wildman–Crippen MR) is 95.6 cm³/mol. The Morgan fingerprint density at radius 1 is 0.792 bits per heavy atom. The summed E-state index contributed by atoms with van der Waals surface area (Å²) >= 11 is 0. The molecule has 3 aromatic heterocycles. The molecule has 3 heterocycles. The van der Waals surface area contributed by atoms with Crippen LogP contribution in [0.3, 0.4) is 0 Å². The fourth-order valence-corrected chi connectivity index (χ4v) is 3.35. The standard InChI is InChI=1S/C21H13FN2/c22-15-10-8-14(9-11-15)20-21-18(13-16-5-3-4-12-24(16)21)17-6-1-2-7-19(17)23-20/h1-13H. The second kappa shape index (κ2) is 4.90. The highest BCUT2D eigenvalue weighted by Gasteiger charge is 2.14. The molecule has 0 fully saturated rings. The van der Waals surface area contributed by atoms with E-state index in [4.69, 9.17) is 4.98 Å². The number of aromatic nitrogens is 2. The molecule has 0 saturated heterocycles. The van der Waals surface area contributed by atoms with Crippen molar-refractivity contribution >= 4 is 27.3 Å². The molecule has 5 aromatic rings. The van der Waals surface area contributed by atoms with Gasteiger partial charge in [0.1, 0.15) is 5.82 Å². The molecule has 114 valence electrons. The molecule has 3 heteroatoms. The van der Waals surface area contributed by atoms with Crippen molar-refractivity contribution in [3.63, 3.8) is 0 Å². The number of pyridine rings is 2. The zero-order valence-electron chi connectivity index (χ0n) is 12.8. The molecule has 0 amide bonds. The molecule has 5 rings (SSSR count). The largest absolute Gasteiger partial charge is 0.315 e. The van der Waals surface area contributed by atoms with E-state index in [-0.39, 0.29) is 5.82 Å². The van der Waals surface area contributed by atoms with Gasteiger partial charge in [0.15, 0.2) is 0 Å². The Labute approximate surface area is 137 Å². The summed E-state index contributed by atoms with van der Waals surface area (Å²) in [5.74, 6) is -0.240. The van der Waals surface area contributed by atoms with Crippen LogP contribution in [0.15, 0.2) is 79.0 Å². The number of nitrogens with zero attached hydrogens (tertiary/aromatic N) is 2. The summed E-state index contributed by atoms with van der Waals surface area (Å²) in [6, 6.07) is 23.0. The van der Waals surface area contributed by atoms with Crippen molar-refractivity contribution in [2.75, 3.05) is 0 Å². The highest BCUT2D eigenvalue weighted by molar-refractivity contribution is 6.12. The van der Waals surface area contributed by atoms with Crippen LogP contribution in [0.2, 0.25) is 0 Å². The maximum atomic E-state index is 13.3. The lowest BCUT2D eigenvalue weighted by atomic mass is 10.1. The first kappa shape index (κ1) is 13.3. The Morgan fingerprint density at radius 3 is 2.46 bits per heavy atom. The molecule has 0 aliphatic heterocycles. The fourth-order valence-electron chi connectivity index (χ4n) is 3.35. The van der Waals surface area contributed by atoms with Crippen LogP contribution in [0.4, 0.5) is 4.39 Å². The maximum absolute atomic E-state index is 13.3. The summed E-state index contributed by atoms with van der Waals surface area (Å²) in [5.41, 5.74) is 4.90. The highest BCUT2D eigenvalue weighted by Crippen LogP contribution is 2.34. The number of rotatable bonds is 1. The van der Waals surface area contributed by atoms with E-state index in [2.05, 4.69) is 22.6 Å². The van der Waals surface area contributed by atoms with Crippen molar-refractivity contribution in [1.82, 2.24) is 9.38 Å². The van der Waals surface area contributed by atoms with E-state index in [0.717, 1.165) is 38.6 Å². The van der Waals surface area contributed by atoms with E-state index < -0.39 is 0 Å². The average molecular weight is 312 g/mol. The lowest BCUT2D eigenvalue weighted by Gasteiger charge is -2.08. The quantitative estimate of drug-likeness (QED) is 0.402. The van der Waals surface area contributed by atoms with Crippen LogP contribution in [-0.2, 0) is 0 Å². The van der Waals surface area contributed by atoms with Crippen LogP contribution in [-0.4, -0.2) is 9.38 Å². The van der Waals surface area contributed by atoms with E-state index >= 15 is 0 Å². The number of hydrogen-bond acceptors (Lipinski definition) is 1. The second-order valence-electron chi connectivity index (χ2n) is 5.89. The van der Waals surface area contributed by atoms with E-state index in [0.29, 0.717) is 0 Å². The van der Waals surface area contributed by atoms with Gasteiger partial charge in [0.2, 0.25) is 0 Å². The van der Waals surface area contributed by atoms with Gasteiger partial charge in [0.05, 0.1) is 16.7 Å². The number of halogens is 1. The third-order valence-corrected chi connectivity index (χ3v) is 4.45. The molecule has 0 radical (unpaired) electrons. The summed E-state index contributed by atoms with van der Waals surface area (Å²) < 4.78 is 15.5. The van der Waals surface area contributed by atoms with E-state index in [1.54, 1.807) is 12.1 Å². The minimum Gasteiger partial charge on any atom is -0.315 e. The molecule has 0 N–H and O–H groups in total. The summed E-state index contributed by atoms with van der Waals surface area (Å²) in [6.45, 7) is 0. The van der Waals surface area contributed by atoms with Gasteiger partial charge in [-0.15, -0.1) is 0 Å². The average Bonchev–Trinajstić information content (AvgIpc) is 3.02. The summed E-state index contributed by atoms with van der Waals surface area (Å²) in [7, 11) is 0. The Morgan fingerprint density at radius 2 is 1.58 bits per heavy atom. The van der Waals surface area contributed by atoms with Crippen LogP contribution in [0.25, 0.3) is 38.6 Å². The maximum Gasteiger partial charge on any atom is 0.123 e. The number of fused-ring (bicyclic) bond motifs is 5. The second-order valence-corrected chi connectivity index (χ2v) is 5.89. The molecule has 0 aliphatic carbocycles. The summed E-state index contributed by atoms with van der Waals surface area (Å²) in [4.78, 5) is 4.88. The van der Waals surface area contributed by atoms with Crippen molar-refractivity contribution in [3.8, 4) is 11.3 Å². The first-order valence-corrected chi connectivity index (χ1v) is 7.86. The zero-order valence-corrected chi connectivity index (χ0v) is 12.8. The van der Waals surface area contributed by atoms with Gasteiger partial charge < -0.3 is 4.40 Å². The summed E-state index contributed by atoms with van der Waals surface area (Å²) in [6.07, 6.45) is 2.04.